The fraction of sp³-hybridized carbons (Fsp3) is 0.250. The Morgan fingerprint density at radius 1 is 1.26 bits per heavy atom. The Bertz CT molecular complexity index is 1080. The Labute approximate surface area is 180 Å². The van der Waals surface area contributed by atoms with Gasteiger partial charge in [-0.05, 0) is 29.8 Å². The zero-order valence-electron chi connectivity index (χ0n) is 16.2. The summed E-state index contributed by atoms with van der Waals surface area (Å²) in [5.41, 5.74) is 0.503. The van der Waals surface area contributed by atoms with Crippen molar-refractivity contribution >= 4 is 29.1 Å². The van der Waals surface area contributed by atoms with Crippen molar-refractivity contribution in [2.75, 3.05) is 17.7 Å². The van der Waals surface area contributed by atoms with Gasteiger partial charge in [-0.1, -0.05) is 23.7 Å². The summed E-state index contributed by atoms with van der Waals surface area (Å²) in [4.78, 5) is 16.5. The second-order valence-electron chi connectivity index (χ2n) is 6.94. The molecule has 0 unspecified atom stereocenters. The fourth-order valence-electron chi connectivity index (χ4n) is 3.37. The summed E-state index contributed by atoms with van der Waals surface area (Å²) in [6.45, 7) is 0. The van der Waals surface area contributed by atoms with Gasteiger partial charge in [0, 0.05) is 18.7 Å². The molecule has 1 aromatic carbocycles. The van der Waals surface area contributed by atoms with Gasteiger partial charge in [0.25, 0.3) is 5.91 Å². The highest BCUT2D eigenvalue weighted by Gasteiger charge is 2.46. The minimum absolute atomic E-state index is 0.101. The highest BCUT2D eigenvalue weighted by Crippen LogP contribution is 2.43. The summed E-state index contributed by atoms with van der Waals surface area (Å²) in [6.07, 6.45) is -3.47. The van der Waals surface area contributed by atoms with Crippen LogP contribution in [0.25, 0.3) is 0 Å². The molecule has 0 spiro atoms. The Kier molecular flexibility index (Phi) is 5.48. The van der Waals surface area contributed by atoms with E-state index in [1.807, 2.05) is 0 Å². The molecule has 1 amide bonds. The van der Waals surface area contributed by atoms with Crippen LogP contribution >= 0.6 is 11.6 Å². The predicted octanol–water partition coefficient (Wildman–Crippen LogP) is 4.85. The maximum Gasteiger partial charge on any atom is 0.410 e. The number of halogens is 4. The lowest BCUT2D eigenvalue weighted by atomic mass is 9.97. The highest BCUT2D eigenvalue weighted by atomic mass is 35.5. The van der Waals surface area contributed by atoms with E-state index < -0.39 is 24.2 Å². The number of nitrogens with one attached hydrogen (secondary N) is 2. The number of hydrogen-bond acceptors (Lipinski definition) is 5. The molecule has 31 heavy (non-hydrogen) atoms. The van der Waals surface area contributed by atoms with Crippen LogP contribution in [-0.2, 0) is 0 Å². The molecular weight excluding hydrogens is 435 g/mol. The smallest absolute Gasteiger partial charge is 0.410 e. The van der Waals surface area contributed by atoms with Crippen LogP contribution in [0.5, 0.6) is 5.75 Å². The first-order valence-electron chi connectivity index (χ1n) is 9.24. The first-order valence-corrected chi connectivity index (χ1v) is 9.62. The number of methoxy groups -OCH3 is 1. The molecule has 2 N–H and O–H groups in total. The average molecular weight is 452 g/mol. The number of carbonyl (C=O) groups excluding carboxylic acids is 1. The van der Waals surface area contributed by atoms with Gasteiger partial charge < -0.3 is 15.4 Å². The third kappa shape index (κ3) is 4.43. The molecule has 7 nitrogen and oxygen atoms in total. The average Bonchev–Trinajstić information content (AvgIpc) is 3.18. The van der Waals surface area contributed by atoms with Crippen LogP contribution in [0.2, 0.25) is 5.02 Å². The SMILES string of the molecule is COc1ccc([C@@H]2C[C@@H](C(F)(F)F)n3nc(C(=O)Nc4ccc(Cl)cn4)cc3N2)cc1. The van der Waals surface area contributed by atoms with Crippen molar-refractivity contribution in [3.63, 3.8) is 0 Å². The summed E-state index contributed by atoms with van der Waals surface area (Å²) in [5, 5.41) is 9.84. The molecule has 0 saturated heterocycles. The van der Waals surface area contributed by atoms with Crippen LogP contribution < -0.4 is 15.4 Å². The van der Waals surface area contributed by atoms with Gasteiger partial charge in [-0.15, -0.1) is 0 Å². The molecule has 2 atom stereocenters. The van der Waals surface area contributed by atoms with Crippen molar-refractivity contribution in [2.45, 2.75) is 24.7 Å². The van der Waals surface area contributed by atoms with E-state index in [9.17, 15) is 18.0 Å². The molecule has 3 heterocycles. The molecule has 4 rings (SSSR count). The first kappa shape index (κ1) is 21.0. The fourth-order valence-corrected chi connectivity index (χ4v) is 3.48. The lowest BCUT2D eigenvalue weighted by Crippen LogP contribution is -2.35. The van der Waals surface area contributed by atoms with Gasteiger partial charge in [0.05, 0.1) is 18.2 Å². The van der Waals surface area contributed by atoms with E-state index in [0.29, 0.717) is 16.3 Å². The van der Waals surface area contributed by atoms with E-state index >= 15 is 0 Å². The van der Waals surface area contributed by atoms with E-state index in [0.717, 1.165) is 4.68 Å². The third-order valence-corrected chi connectivity index (χ3v) is 5.13. The maximum atomic E-state index is 13.8. The van der Waals surface area contributed by atoms with Gasteiger partial charge in [0.1, 0.15) is 17.4 Å². The van der Waals surface area contributed by atoms with E-state index in [1.165, 1.54) is 31.5 Å². The van der Waals surface area contributed by atoms with E-state index in [-0.39, 0.29) is 23.8 Å². The Hall–Kier alpha value is -3.27. The number of hydrogen-bond donors (Lipinski definition) is 2. The molecule has 11 heteroatoms. The van der Waals surface area contributed by atoms with Crippen molar-refractivity contribution in [1.82, 2.24) is 14.8 Å². The van der Waals surface area contributed by atoms with E-state index in [2.05, 4.69) is 20.7 Å². The molecule has 1 aliphatic heterocycles. The number of alkyl halides is 3. The lowest BCUT2D eigenvalue weighted by Gasteiger charge is -2.33. The van der Waals surface area contributed by atoms with Crippen LogP contribution in [-0.4, -0.2) is 34.0 Å². The summed E-state index contributed by atoms with van der Waals surface area (Å²) in [5.74, 6) is 0.229. The van der Waals surface area contributed by atoms with Crippen molar-refractivity contribution < 1.29 is 22.7 Å². The molecule has 0 saturated carbocycles. The number of anilines is 2. The highest BCUT2D eigenvalue weighted by molar-refractivity contribution is 6.30. The predicted molar refractivity (Wildman–Crippen MR) is 108 cm³/mol. The monoisotopic (exact) mass is 451 g/mol. The summed E-state index contributed by atoms with van der Waals surface area (Å²) >= 11 is 5.76. The molecule has 0 fully saturated rings. The molecular formula is C20H17ClF3N5O2. The summed E-state index contributed by atoms with van der Waals surface area (Å²) < 4.78 is 47.3. The number of rotatable bonds is 4. The van der Waals surface area contributed by atoms with Crippen molar-refractivity contribution in [3.8, 4) is 5.75 Å². The Morgan fingerprint density at radius 2 is 2.00 bits per heavy atom. The molecule has 1 aliphatic rings. The van der Waals surface area contributed by atoms with Gasteiger partial charge in [0.2, 0.25) is 0 Å². The lowest BCUT2D eigenvalue weighted by molar-refractivity contribution is -0.173. The number of fused-ring (bicyclic) bond motifs is 1. The van der Waals surface area contributed by atoms with Gasteiger partial charge in [-0.2, -0.15) is 18.3 Å². The van der Waals surface area contributed by atoms with Crippen LogP contribution in [0.4, 0.5) is 24.8 Å². The molecule has 0 aliphatic carbocycles. The quantitative estimate of drug-likeness (QED) is 0.592. The minimum atomic E-state index is -4.54. The van der Waals surface area contributed by atoms with Crippen molar-refractivity contribution in [1.29, 1.82) is 0 Å². The van der Waals surface area contributed by atoms with Crippen LogP contribution in [0.3, 0.4) is 0 Å². The van der Waals surface area contributed by atoms with Crippen LogP contribution in [0, 0.1) is 0 Å². The van der Waals surface area contributed by atoms with Crippen LogP contribution in [0.1, 0.15) is 34.6 Å². The normalized spacial score (nSPS) is 18.1. The van der Waals surface area contributed by atoms with Crippen LogP contribution in [0.15, 0.2) is 48.7 Å². The second-order valence-corrected chi connectivity index (χ2v) is 7.37. The third-order valence-electron chi connectivity index (χ3n) is 4.91. The standard InChI is InChI=1S/C20H17ClF3N5O2/c1-31-13-5-2-11(3-6-13)14-8-16(20(22,23)24)29-18(26-14)9-15(28-29)19(30)27-17-7-4-12(21)10-25-17/h2-7,9-10,14,16,26H,8H2,1H3,(H,25,27,30)/t14-,16-/m0/s1. The van der Waals surface area contributed by atoms with Gasteiger partial charge >= 0.3 is 6.18 Å². The molecule has 0 bridgehead atoms. The number of amides is 1. The zero-order valence-corrected chi connectivity index (χ0v) is 16.9. The number of carbonyl (C=O) groups is 1. The van der Waals surface area contributed by atoms with E-state index in [1.54, 1.807) is 24.3 Å². The molecule has 3 aromatic rings. The molecule has 162 valence electrons. The minimum Gasteiger partial charge on any atom is -0.497 e. The van der Waals surface area contributed by atoms with E-state index in [4.69, 9.17) is 16.3 Å². The maximum absolute atomic E-state index is 13.8. The largest absolute Gasteiger partial charge is 0.497 e. The van der Waals surface area contributed by atoms with Crippen molar-refractivity contribution in [2.24, 2.45) is 0 Å². The Balaban J connectivity index is 1.62. The number of aromatic nitrogens is 3. The molecule has 2 aromatic heterocycles. The number of nitrogens with zero attached hydrogens (tertiary/aromatic N) is 3. The van der Waals surface area contributed by atoms with Gasteiger partial charge in [-0.25, -0.2) is 9.67 Å². The van der Waals surface area contributed by atoms with Crippen molar-refractivity contribution in [3.05, 3.63) is 64.9 Å². The zero-order chi connectivity index (χ0) is 22.2. The number of benzene rings is 1. The summed E-state index contributed by atoms with van der Waals surface area (Å²) in [7, 11) is 1.51. The first-order chi connectivity index (χ1) is 14.7. The molecule has 0 radical (unpaired) electrons. The number of ether oxygens (including phenoxy) is 1. The second kappa shape index (κ2) is 8.10. The van der Waals surface area contributed by atoms with Gasteiger partial charge in [-0.3, -0.25) is 4.79 Å². The van der Waals surface area contributed by atoms with Gasteiger partial charge in [0.15, 0.2) is 11.7 Å². The summed E-state index contributed by atoms with van der Waals surface area (Å²) in [6, 6.07) is 8.58. The Morgan fingerprint density at radius 3 is 2.61 bits per heavy atom. The number of pyridine rings is 1. The topological polar surface area (TPSA) is 81.1 Å².